The molecule has 0 atom stereocenters. The van der Waals surface area contributed by atoms with E-state index in [0.717, 1.165) is 4.57 Å². The molecule has 26 heavy (non-hydrogen) atoms. The molecule has 142 valence electrons. The summed E-state index contributed by atoms with van der Waals surface area (Å²) in [6, 6.07) is 0. The Morgan fingerprint density at radius 1 is 1.19 bits per heavy atom. The number of hydrogen-bond acceptors (Lipinski definition) is 6. The predicted molar refractivity (Wildman–Crippen MR) is 100 cm³/mol. The Hall–Kier alpha value is -2.62. The summed E-state index contributed by atoms with van der Waals surface area (Å²) in [6.07, 6.45) is 1.74. The molecular weight excluding hydrogens is 338 g/mol. The Morgan fingerprint density at radius 2 is 1.88 bits per heavy atom. The lowest BCUT2D eigenvalue weighted by Crippen LogP contribution is -2.39. The van der Waals surface area contributed by atoms with Crippen molar-refractivity contribution in [2.45, 2.75) is 6.54 Å². The van der Waals surface area contributed by atoms with Crippen LogP contribution in [0.5, 0.6) is 0 Å². The minimum absolute atomic E-state index is 0.341. The van der Waals surface area contributed by atoms with Crippen molar-refractivity contribution in [1.82, 2.24) is 23.6 Å². The first kappa shape index (κ1) is 18.2. The van der Waals surface area contributed by atoms with Crippen molar-refractivity contribution in [3.8, 4) is 0 Å². The number of morpholine rings is 1. The zero-order chi connectivity index (χ0) is 18.8. The normalized spacial score (nSPS) is 15.3. The van der Waals surface area contributed by atoms with E-state index in [4.69, 9.17) is 4.74 Å². The van der Waals surface area contributed by atoms with Gasteiger partial charge in [0.1, 0.15) is 0 Å². The molecule has 0 aromatic carbocycles. The third-order valence-corrected chi connectivity index (χ3v) is 4.39. The molecule has 0 unspecified atom stereocenters. The molecule has 10 heteroatoms. The van der Waals surface area contributed by atoms with Crippen LogP contribution in [0.2, 0.25) is 0 Å². The molecule has 3 heterocycles. The Balaban J connectivity index is 2.13. The lowest BCUT2D eigenvalue weighted by atomic mass is 10.4. The predicted octanol–water partition coefficient (Wildman–Crippen LogP) is -1.14. The van der Waals surface area contributed by atoms with Gasteiger partial charge >= 0.3 is 5.69 Å². The second kappa shape index (κ2) is 7.32. The van der Waals surface area contributed by atoms with Gasteiger partial charge in [0.05, 0.1) is 26.1 Å². The summed E-state index contributed by atoms with van der Waals surface area (Å²) in [5.74, 6) is 0.682. The van der Waals surface area contributed by atoms with Gasteiger partial charge in [-0.3, -0.25) is 18.9 Å². The fourth-order valence-corrected chi connectivity index (χ4v) is 3.03. The third kappa shape index (κ3) is 3.24. The molecule has 0 spiro atoms. The minimum Gasteiger partial charge on any atom is -0.378 e. The highest BCUT2D eigenvalue weighted by Crippen LogP contribution is 2.20. The van der Waals surface area contributed by atoms with Gasteiger partial charge < -0.3 is 19.1 Å². The molecule has 10 nitrogen and oxygen atoms in total. The molecule has 1 saturated heterocycles. The van der Waals surface area contributed by atoms with E-state index >= 15 is 0 Å². The lowest BCUT2D eigenvalue weighted by Gasteiger charge is -2.28. The summed E-state index contributed by atoms with van der Waals surface area (Å²) in [5.41, 5.74) is 0.102. The molecule has 0 radical (unpaired) electrons. The minimum atomic E-state index is -0.383. The first-order valence-corrected chi connectivity index (χ1v) is 8.57. The molecule has 0 N–H and O–H groups in total. The number of fused-ring (bicyclic) bond motifs is 1. The van der Waals surface area contributed by atoms with Crippen molar-refractivity contribution in [1.29, 1.82) is 0 Å². The number of anilines is 1. The zero-order valence-electron chi connectivity index (χ0n) is 15.7. The Kier molecular flexibility index (Phi) is 5.12. The maximum absolute atomic E-state index is 12.8. The maximum atomic E-state index is 12.8. The van der Waals surface area contributed by atoms with Crippen molar-refractivity contribution in [3.63, 3.8) is 0 Å². The maximum Gasteiger partial charge on any atom is 0.332 e. The van der Waals surface area contributed by atoms with Crippen LogP contribution in [0.25, 0.3) is 11.2 Å². The second-order valence-electron chi connectivity index (χ2n) is 6.53. The van der Waals surface area contributed by atoms with Crippen molar-refractivity contribution in [2.75, 3.05) is 51.8 Å². The molecule has 3 rings (SSSR count). The van der Waals surface area contributed by atoms with Gasteiger partial charge in [-0.15, -0.1) is 0 Å². The molecule has 1 aliphatic heterocycles. The van der Waals surface area contributed by atoms with E-state index in [-0.39, 0.29) is 11.2 Å². The SMILES string of the molecule is CN(C)C=NCCn1c(N2CCOCC2)nc2c1c(=O)n(C)c(=O)n2C. The van der Waals surface area contributed by atoms with E-state index in [2.05, 4.69) is 14.9 Å². The fraction of sp³-hybridized carbons (Fsp3) is 0.625. The number of aromatic nitrogens is 4. The Bertz CT molecular complexity index is 932. The number of rotatable bonds is 5. The topological polar surface area (TPSA) is 89.9 Å². The standard InChI is InChI=1S/C16H25N7O3/c1-19(2)11-17-5-6-23-12-13(20(3)16(25)21(4)14(12)24)18-15(23)22-7-9-26-10-8-22/h11H,5-10H2,1-4H3. The smallest absolute Gasteiger partial charge is 0.332 e. The van der Waals surface area contributed by atoms with E-state index in [1.165, 1.54) is 11.6 Å². The van der Waals surface area contributed by atoms with Crippen LogP contribution in [-0.2, 0) is 25.4 Å². The average molecular weight is 363 g/mol. The summed E-state index contributed by atoms with van der Waals surface area (Å²) in [7, 11) is 6.93. The largest absolute Gasteiger partial charge is 0.378 e. The van der Waals surface area contributed by atoms with Gasteiger partial charge in [-0.1, -0.05) is 0 Å². The van der Waals surface area contributed by atoms with Crippen LogP contribution in [0.15, 0.2) is 14.6 Å². The number of hydrogen-bond donors (Lipinski definition) is 0. The van der Waals surface area contributed by atoms with Gasteiger partial charge in [-0.2, -0.15) is 4.98 Å². The summed E-state index contributed by atoms with van der Waals surface area (Å²) in [5, 5.41) is 0. The third-order valence-electron chi connectivity index (χ3n) is 4.39. The zero-order valence-corrected chi connectivity index (χ0v) is 15.7. The number of imidazole rings is 1. The second-order valence-corrected chi connectivity index (χ2v) is 6.53. The number of nitrogens with zero attached hydrogens (tertiary/aromatic N) is 7. The van der Waals surface area contributed by atoms with Gasteiger partial charge in [-0.05, 0) is 0 Å². The number of ether oxygens (including phenoxy) is 1. The van der Waals surface area contributed by atoms with Crippen molar-refractivity contribution < 1.29 is 4.74 Å². The van der Waals surface area contributed by atoms with E-state index in [9.17, 15) is 9.59 Å². The molecule has 2 aromatic heterocycles. The van der Waals surface area contributed by atoms with E-state index < -0.39 is 0 Å². The van der Waals surface area contributed by atoms with Crippen molar-refractivity contribution in [2.24, 2.45) is 19.1 Å². The van der Waals surface area contributed by atoms with E-state index in [1.807, 2.05) is 23.6 Å². The summed E-state index contributed by atoms with van der Waals surface area (Å²) >= 11 is 0. The van der Waals surface area contributed by atoms with Crippen molar-refractivity contribution >= 4 is 23.5 Å². The first-order valence-electron chi connectivity index (χ1n) is 8.57. The summed E-state index contributed by atoms with van der Waals surface area (Å²) < 4.78 is 9.82. The van der Waals surface area contributed by atoms with Crippen LogP contribution < -0.4 is 16.1 Å². The molecule has 0 saturated carbocycles. The average Bonchev–Trinajstić information content (AvgIpc) is 3.02. The van der Waals surface area contributed by atoms with Gasteiger partial charge in [-0.25, -0.2) is 4.79 Å². The lowest BCUT2D eigenvalue weighted by molar-refractivity contribution is 0.121. The van der Waals surface area contributed by atoms with Crippen LogP contribution in [0.1, 0.15) is 0 Å². The molecule has 0 amide bonds. The van der Waals surface area contributed by atoms with Crippen LogP contribution >= 0.6 is 0 Å². The highest BCUT2D eigenvalue weighted by Gasteiger charge is 2.23. The molecule has 0 aliphatic carbocycles. The molecule has 0 bridgehead atoms. The van der Waals surface area contributed by atoms with Crippen LogP contribution in [0.4, 0.5) is 5.95 Å². The van der Waals surface area contributed by atoms with E-state index in [0.29, 0.717) is 56.5 Å². The summed E-state index contributed by atoms with van der Waals surface area (Å²) in [4.78, 5) is 37.9. The monoisotopic (exact) mass is 363 g/mol. The highest BCUT2D eigenvalue weighted by atomic mass is 16.5. The number of aliphatic imine (C=N–C) groups is 1. The number of aryl methyl sites for hydroxylation is 1. The van der Waals surface area contributed by atoms with Gasteiger partial charge in [0.2, 0.25) is 5.95 Å². The van der Waals surface area contributed by atoms with Crippen LogP contribution in [-0.4, -0.2) is 76.9 Å². The quantitative estimate of drug-likeness (QED) is 0.493. The Labute approximate surface area is 150 Å². The van der Waals surface area contributed by atoms with Crippen LogP contribution in [0, 0.1) is 0 Å². The molecule has 1 fully saturated rings. The van der Waals surface area contributed by atoms with Gasteiger partial charge in [0, 0.05) is 47.8 Å². The molecule has 1 aliphatic rings. The van der Waals surface area contributed by atoms with E-state index in [1.54, 1.807) is 13.4 Å². The fourth-order valence-electron chi connectivity index (χ4n) is 3.03. The molecule has 2 aromatic rings. The van der Waals surface area contributed by atoms with Crippen molar-refractivity contribution in [3.05, 3.63) is 20.8 Å². The van der Waals surface area contributed by atoms with Gasteiger partial charge in [0.15, 0.2) is 11.2 Å². The summed E-state index contributed by atoms with van der Waals surface area (Å²) in [6.45, 7) is 3.61. The molecular formula is C16H25N7O3. The first-order chi connectivity index (χ1) is 12.4. The highest BCUT2D eigenvalue weighted by molar-refractivity contribution is 5.74. The van der Waals surface area contributed by atoms with Crippen LogP contribution in [0.3, 0.4) is 0 Å². The van der Waals surface area contributed by atoms with Gasteiger partial charge in [0.25, 0.3) is 5.56 Å². The Morgan fingerprint density at radius 3 is 2.54 bits per heavy atom.